The van der Waals surface area contributed by atoms with E-state index in [9.17, 15) is 19.8 Å². The van der Waals surface area contributed by atoms with Gasteiger partial charge in [0.15, 0.2) is 0 Å². The van der Waals surface area contributed by atoms with Crippen LogP contribution < -0.4 is 20.1 Å². The van der Waals surface area contributed by atoms with E-state index >= 15 is 0 Å². The van der Waals surface area contributed by atoms with Crippen molar-refractivity contribution < 1.29 is 24.5 Å². The number of fused-ring (bicyclic) bond motifs is 2. The quantitative estimate of drug-likeness (QED) is 0.460. The third-order valence-corrected chi connectivity index (χ3v) is 6.00. The molecule has 0 fully saturated rings. The summed E-state index contributed by atoms with van der Waals surface area (Å²) in [5, 5.41) is 20.7. The van der Waals surface area contributed by atoms with Crippen molar-refractivity contribution in [1.82, 2.24) is 0 Å². The van der Waals surface area contributed by atoms with Crippen molar-refractivity contribution in [1.29, 1.82) is 0 Å². The van der Waals surface area contributed by atoms with E-state index in [1.54, 1.807) is 31.3 Å². The average Bonchev–Trinajstić information content (AvgIpc) is 3.17. The van der Waals surface area contributed by atoms with Gasteiger partial charge in [-0.25, -0.2) is 4.79 Å². The highest BCUT2D eigenvalue weighted by molar-refractivity contribution is 6.34. The third kappa shape index (κ3) is 2.87. The fourth-order valence-electron chi connectivity index (χ4n) is 3.86. The predicted molar refractivity (Wildman–Crippen MR) is 116 cm³/mol. The SMILES string of the molecule is CN1C(=O)C(c2ccc(O)c(Cl)c2)=c2cc3c(cc21)=C(c1ccc(O)c(Cl)c1)C(=O)O3. The molecule has 0 aliphatic carbocycles. The summed E-state index contributed by atoms with van der Waals surface area (Å²) < 4.78 is 5.48. The van der Waals surface area contributed by atoms with Crippen molar-refractivity contribution in [3.63, 3.8) is 0 Å². The minimum absolute atomic E-state index is 0.0836. The van der Waals surface area contributed by atoms with Gasteiger partial charge in [-0.1, -0.05) is 35.3 Å². The van der Waals surface area contributed by atoms with E-state index in [0.29, 0.717) is 44.1 Å². The van der Waals surface area contributed by atoms with Crippen LogP contribution in [0.1, 0.15) is 11.1 Å². The first-order valence-corrected chi connectivity index (χ1v) is 9.92. The summed E-state index contributed by atoms with van der Waals surface area (Å²) in [5.74, 6) is -0.665. The number of likely N-dealkylation sites (N-methyl/N-ethyl adjacent to an activating group) is 1. The Balaban J connectivity index is 1.80. The number of amides is 1. The van der Waals surface area contributed by atoms with E-state index in [4.69, 9.17) is 27.9 Å². The fraction of sp³-hybridized carbons (Fsp3) is 0.0435. The van der Waals surface area contributed by atoms with E-state index < -0.39 is 5.97 Å². The molecule has 2 N–H and O–H groups in total. The van der Waals surface area contributed by atoms with Gasteiger partial charge in [0.2, 0.25) is 0 Å². The molecule has 8 heteroatoms. The van der Waals surface area contributed by atoms with Gasteiger partial charge in [-0.05, 0) is 47.5 Å². The Labute approximate surface area is 185 Å². The third-order valence-electron chi connectivity index (χ3n) is 5.40. The summed E-state index contributed by atoms with van der Waals surface area (Å²) in [6, 6.07) is 12.4. The predicted octanol–water partition coefficient (Wildman–Crippen LogP) is 2.70. The molecule has 0 unspecified atom stereocenters. The number of phenolic OH excluding ortho intramolecular Hbond substituents is 2. The Morgan fingerprint density at radius 3 is 1.97 bits per heavy atom. The van der Waals surface area contributed by atoms with Crippen LogP contribution in [0.15, 0.2) is 48.5 Å². The van der Waals surface area contributed by atoms with Gasteiger partial charge < -0.3 is 19.8 Å². The molecule has 3 aromatic carbocycles. The van der Waals surface area contributed by atoms with Crippen molar-refractivity contribution in [3.8, 4) is 17.2 Å². The number of aromatic hydroxyl groups is 2. The number of hydrogen-bond donors (Lipinski definition) is 2. The highest BCUT2D eigenvalue weighted by atomic mass is 35.5. The maximum atomic E-state index is 13.0. The van der Waals surface area contributed by atoms with Gasteiger partial charge in [0.05, 0.1) is 26.9 Å². The van der Waals surface area contributed by atoms with Crippen LogP contribution in [-0.4, -0.2) is 29.1 Å². The summed E-state index contributed by atoms with van der Waals surface area (Å²) in [6.07, 6.45) is 0. The second-order valence-electron chi connectivity index (χ2n) is 7.20. The number of phenols is 2. The molecule has 2 heterocycles. The number of carbonyl (C=O) groups excluding carboxylic acids is 2. The van der Waals surface area contributed by atoms with Crippen molar-refractivity contribution in [2.75, 3.05) is 11.9 Å². The van der Waals surface area contributed by atoms with Crippen LogP contribution in [0.3, 0.4) is 0 Å². The first-order chi connectivity index (χ1) is 14.8. The topological polar surface area (TPSA) is 87.1 Å². The molecule has 0 radical (unpaired) electrons. The van der Waals surface area contributed by atoms with Gasteiger partial charge in [0.1, 0.15) is 17.2 Å². The molecule has 6 nitrogen and oxygen atoms in total. The molecule has 0 saturated carbocycles. The molecule has 0 atom stereocenters. The lowest BCUT2D eigenvalue weighted by Crippen LogP contribution is -2.23. The second kappa shape index (κ2) is 6.77. The number of halogens is 2. The first-order valence-electron chi connectivity index (χ1n) is 9.17. The van der Waals surface area contributed by atoms with Crippen LogP contribution in [0.25, 0.3) is 11.1 Å². The molecular weight excluding hydrogens is 441 g/mol. The number of hydrogen-bond acceptors (Lipinski definition) is 5. The van der Waals surface area contributed by atoms with E-state index in [0.717, 1.165) is 0 Å². The Bertz CT molecular complexity index is 1460. The summed E-state index contributed by atoms with van der Waals surface area (Å²) in [6.45, 7) is 0. The van der Waals surface area contributed by atoms with Crippen molar-refractivity contribution in [2.24, 2.45) is 0 Å². The van der Waals surface area contributed by atoms with E-state index in [2.05, 4.69) is 0 Å². The number of ether oxygens (including phenoxy) is 1. The molecule has 0 saturated heterocycles. The number of rotatable bonds is 2. The number of nitrogens with zero attached hydrogens (tertiary/aromatic N) is 1. The van der Waals surface area contributed by atoms with Crippen LogP contribution in [0.5, 0.6) is 17.2 Å². The zero-order valence-electron chi connectivity index (χ0n) is 15.9. The molecular formula is C23H13Cl2NO5. The number of carbonyl (C=O) groups is 2. The second-order valence-corrected chi connectivity index (χ2v) is 8.02. The van der Waals surface area contributed by atoms with Gasteiger partial charge >= 0.3 is 5.97 Å². The first kappa shape index (κ1) is 19.5. The molecule has 0 aromatic heterocycles. The Hall–Kier alpha value is -3.48. The number of anilines is 1. The van der Waals surface area contributed by atoms with Gasteiger partial charge in [0.25, 0.3) is 5.91 Å². The maximum Gasteiger partial charge on any atom is 0.344 e. The zero-order valence-corrected chi connectivity index (χ0v) is 17.5. The smallest absolute Gasteiger partial charge is 0.344 e. The summed E-state index contributed by atoms with van der Waals surface area (Å²) in [5.41, 5.74) is 2.31. The van der Waals surface area contributed by atoms with Crippen LogP contribution >= 0.6 is 23.2 Å². The Kier molecular flexibility index (Phi) is 4.25. The Morgan fingerprint density at radius 2 is 1.39 bits per heavy atom. The molecule has 5 rings (SSSR count). The summed E-state index contributed by atoms with van der Waals surface area (Å²) >= 11 is 12.1. The molecule has 2 aliphatic heterocycles. The Morgan fingerprint density at radius 1 is 0.806 bits per heavy atom. The normalized spacial score (nSPS) is 14.7. The van der Waals surface area contributed by atoms with E-state index in [1.807, 2.05) is 0 Å². The standard InChI is InChI=1S/C23H13Cl2NO5/c1-26-16-8-13-19(31-23(30)21(13)11-3-5-18(28)15(25)7-11)9-12(16)20(22(26)29)10-2-4-17(27)14(24)6-10/h2-9,27-28H,1H3. The fourth-order valence-corrected chi connectivity index (χ4v) is 4.22. The van der Waals surface area contributed by atoms with Crippen molar-refractivity contribution in [2.45, 2.75) is 0 Å². The lowest BCUT2D eigenvalue weighted by atomic mass is 10.0. The highest BCUT2D eigenvalue weighted by Crippen LogP contribution is 2.32. The average molecular weight is 454 g/mol. The number of esters is 1. The largest absolute Gasteiger partial charge is 0.506 e. The van der Waals surface area contributed by atoms with Gasteiger partial charge in [-0.3, -0.25) is 4.79 Å². The van der Waals surface area contributed by atoms with Crippen LogP contribution in [0.4, 0.5) is 5.69 Å². The van der Waals surface area contributed by atoms with Crippen LogP contribution in [0, 0.1) is 0 Å². The molecule has 0 bridgehead atoms. The van der Waals surface area contributed by atoms with Gasteiger partial charge in [0, 0.05) is 17.5 Å². The van der Waals surface area contributed by atoms with Crippen molar-refractivity contribution in [3.05, 3.63) is 80.1 Å². The van der Waals surface area contributed by atoms with Gasteiger partial charge in [-0.2, -0.15) is 0 Å². The lowest BCUT2D eigenvalue weighted by Gasteiger charge is -2.11. The van der Waals surface area contributed by atoms with Crippen LogP contribution in [-0.2, 0) is 9.59 Å². The molecule has 0 spiro atoms. The maximum absolute atomic E-state index is 13.0. The summed E-state index contributed by atoms with van der Waals surface area (Å²) in [7, 11) is 1.64. The zero-order chi connectivity index (χ0) is 22.0. The molecule has 31 heavy (non-hydrogen) atoms. The van der Waals surface area contributed by atoms with Crippen LogP contribution in [0.2, 0.25) is 10.0 Å². The lowest BCUT2D eigenvalue weighted by molar-refractivity contribution is -0.127. The number of benzene rings is 3. The van der Waals surface area contributed by atoms with E-state index in [1.165, 1.54) is 29.2 Å². The minimum Gasteiger partial charge on any atom is -0.506 e. The monoisotopic (exact) mass is 453 g/mol. The summed E-state index contributed by atoms with van der Waals surface area (Å²) in [4.78, 5) is 27.1. The van der Waals surface area contributed by atoms with E-state index in [-0.39, 0.29) is 27.5 Å². The van der Waals surface area contributed by atoms with Crippen molar-refractivity contribution >= 4 is 51.9 Å². The van der Waals surface area contributed by atoms with Gasteiger partial charge in [-0.15, -0.1) is 0 Å². The molecule has 154 valence electrons. The highest BCUT2D eigenvalue weighted by Gasteiger charge is 2.32. The molecule has 3 aromatic rings. The molecule has 1 amide bonds. The minimum atomic E-state index is -0.552. The molecule has 2 aliphatic rings.